The van der Waals surface area contributed by atoms with Crippen molar-refractivity contribution in [1.82, 2.24) is 15.2 Å². The number of halogens is 1. The van der Waals surface area contributed by atoms with Crippen molar-refractivity contribution in [3.05, 3.63) is 70.9 Å². The first kappa shape index (κ1) is 18.0. The lowest BCUT2D eigenvalue weighted by molar-refractivity contribution is 0.0287. The molecular formula is C21H22ClN3O2. The van der Waals surface area contributed by atoms with Gasteiger partial charge in [-0.15, -0.1) is 0 Å². The molecule has 3 N–H and O–H groups in total. The van der Waals surface area contributed by atoms with E-state index >= 15 is 0 Å². The first-order valence-corrected chi connectivity index (χ1v) is 9.41. The van der Waals surface area contributed by atoms with Crippen molar-refractivity contribution in [3.63, 3.8) is 0 Å². The van der Waals surface area contributed by atoms with Crippen molar-refractivity contribution < 1.29 is 9.90 Å². The van der Waals surface area contributed by atoms with Gasteiger partial charge in [0.25, 0.3) is 5.91 Å². The molecule has 1 aromatic heterocycles. The summed E-state index contributed by atoms with van der Waals surface area (Å²) in [5.74, 6) is -0.227. The molecule has 1 saturated heterocycles. The average molecular weight is 384 g/mol. The maximum atomic E-state index is 13.2. The van der Waals surface area contributed by atoms with Crippen LogP contribution in [0.1, 0.15) is 22.5 Å². The Morgan fingerprint density at radius 1 is 1.26 bits per heavy atom. The molecule has 2 atom stereocenters. The number of carbonyl (C=O) groups is 1. The highest BCUT2D eigenvalue weighted by molar-refractivity contribution is 6.35. The summed E-state index contributed by atoms with van der Waals surface area (Å²) >= 11 is 6.32. The molecule has 27 heavy (non-hydrogen) atoms. The van der Waals surface area contributed by atoms with Crippen LogP contribution in [0.5, 0.6) is 0 Å². The molecule has 3 aromatic rings. The number of hydrogen-bond acceptors (Lipinski definition) is 3. The Kier molecular flexibility index (Phi) is 4.68. The molecule has 0 radical (unpaired) electrons. The Labute approximate surface area is 162 Å². The number of para-hydroxylation sites is 1. The molecule has 1 aliphatic heterocycles. The van der Waals surface area contributed by atoms with E-state index in [9.17, 15) is 9.90 Å². The minimum Gasteiger partial charge on any atom is -0.389 e. The van der Waals surface area contributed by atoms with Crippen LogP contribution in [0.25, 0.3) is 10.9 Å². The number of carbonyl (C=O) groups excluding carboxylic acids is 1. The van der Waals surface area contributed by atoms with E-state index in [0.29, 0.717) is 30.2 Å². The first-order valence-electron chi connectivity index (χ1n) is 9.04. The van der Waals surface area contributed by atoms with E-state index in [1.807, 2.05) is 61.6 Å². The maximum Gasteiger partial charge on any atom is 0.268 e. The molecule has 0 spiro atoms. The number of benzene rings is 2. The molecule has 0 bridgehead atoms. The summed E-state index contributed by atoms with van der Waals surface area (Å²) < 4.78 is 1.80. The standard InChI is InChI=1S/C21H22ClN3O2/c1-25-17(12-14-6-5-9-16(22)19(14)25)20(27)24-21(10-11-23-13-18(21)26)15-7-3-2-4-8-15/h2-9,12,18,23,26H,10-11,13H2,1H3,(H,24,27)/t18-,21-/m1/s1. The van der Waals surface area contributed by atoms with Gasteiger partial charge in [0.05, 0.1) is 22.2 Å². The second-order valence-corrected chi connectivity index (χ2v) is 7.43. The van der Waals surface area contributed by atoms with Crippen LogP contribution >= 0.6 is 11.6 Å². The number of β-amino-alcohol motifs (C(OH)–C–C–N with tert-alkyl or cyclic N) is 1. The molecule has 140 valence electrons. The quantitative estimate of drug-likeness (QED) is 0.651. The van der Waals surface area contributed by atoms with E-state index in [4.69, 9.17) is 11.6 Å². The predicted octanol–water partition coefficient (Wildman–Crippen LogP) is 2.81. The zero-order valence-electron chi connectivity index (χ0n) is 15.1. The number of piperidine rings is 1. The van der Waals surface area contributed by atoms with Crippen LogP contribution in [-0.4, -0.2) is 34.8 Å². The summed E-state index contributed by atoms with van der Waals surface area (Å²) in [4.78, 5) is 13.2. The number of fused-ring (bicyclic) bond motifs is 1. The van der Waals surface area contributed by atoms with Gasteiger partial charge in [-0.1, -0.05) is 54.1 Å². The van der Waals surface area contributed by atoms with E-state index in [2.05, 4.69) is 10.6 Å². The number of rotatable bonds is 3. The fourth-order valence-electron chi connectivity index (χ4n) is 4.01. The van der Waals surface area contributed by atoms with Gasteiger partial charge in [0.2, 0.25) is 0 Å². The molecule has 2 heterocycles. The highest BCUT2D eigenvalue weighted by Gasteiger charge is 2.43. The van der Waals surface area contributed by atoms with E-state index in [1.165, 1.54) is 0 Å². The Hall–Kier alpha value is -2.34. The van der Waals surface area contributed by atoms with E-state index in [-0.39, 0.29) is 5.91 Å². The Balaban J connectivity index is 1.75. The molecule has 5 nitrogen and oxygen atoms in total. The van der Waals surface area contributed by atoms with Crippen molar-refractivity contribution in [1.29, 1.82) is 0 Å². The van der Waals surface area contributed by atoms with Crippen molar-refractivity contribution in [2.45, 2.75) is 18.1 Å². The van der Waals surface area contributed by atoms with Gasteiger partial charge >= 0.3 is 0 Å². The van der Waals surface area contributed by atoms with Gasteiger partial charge in [0.15, 0.2) is 0 Å². The number of aliphatic hydroxyl groups excluding tert-OH is 1. The number of nitrogens with one attached hydrogen (secondary N) is 2. The average Bonchev–Trinajstić information content (AvgIpc) is 3.02. The lowest BCUT2D eigenvalue weighted by atomic mass is 9.79. The number of amides is 1. The summed E-state index contributed by atoms with van der Waals surface area (Å²) in [7, 11) is 1.83. The lowest BCUT2D eigenvalue weighted by Crippen LogP contribution is -2.61. The minimum atomic E-state index is -0.830. The third-order valence-electron chi connectivity index (χ3n) is 5.47. The number of aliphatic hydroxyl groups is 1. The molecule has 2 aromatic carbocycles. The fourth-order valence-corrected chi connectivity index (χ4v) is 4.32. The molecule has 0 unspecified atom stereocenters. The van der Waals surface area contributed by atoms with Crippen LogP contribution in [0.4, 0.5) is 0 Å². The van der Waals surface area contributed by atoms with Gasteiger partial charge in [-0.25, -0.2) is 0 Å². The maximum absolute atomic E-state index is 13.2. The number of nitrogens with zero attached hydrogens (tertiary/aromatic N) is 1. The van der Waals surface area contributed by atoms with E-state index in [0.717, 1.165) is 16.5 Å². The fraction of sp³-hybridized carbons (Fsp3) is 0.286. The second kappa shape index (κ2) is 7.00. The van der Waals surface area contributed by atoms with Crippen LogP contribution in [-0.2, 0) is 12.6 Å². The smallest absolute Gasteiger partial charge is 0.268 e. The number of hydrogen-bond donors (Lipinski definition) is 3. The molecule has 1 aliphatic rings. The molecule has 4 rings (SSSR count). The summed E-state index contributed by atoms with van der Waals surface area (Å²) in [5, 5.41) is 18.7. The van der Waals surface area contributed by atoms with Gasteiger partial charge < -0.3 is 20.3 Å². The Morgan fingerprint density at radius 2 is 2.04 bits per heavy atom. The molecule has 0 saturated carbocycles. The highest BCUT2D eigenvalue weighted by atomic mass is 35.5. The van der Waals surface area contributed by atoms with E-state index in [1.54, 1.807) is 4.57 Å². The SMILES string of the molecule is Cn1c(C(=O)N[C@@]2(c3ccccc3)CCNC[C@H]2O)cc2cccc(Cl)c21. The van der Waals surface area contributed by atoms with Crippen LogP contribution < -0.4 is 10.6 Å². The second-order valence-electron chi connectivity index (χ2n) is 7.03. The van der Waals surface area contributed by atoms with Gasteiger partial charge in [0.1, 0.15) is 5.69 Å². The van der Waals surface area contributed by atoms with Crippen molar-refractivity contribution in [2.24, 2.45) is 7.05 Å². The lowest BCUT2D eigenvalue weighted by Gasteiger charge is -2.43. The summed E-state index contributed by atoms with van der Waals surface area (Å²) in [6, 6.07) is 17.1. The first-order chi connectivity index (χ1) is 13.0. The third-order valence-corrected chi connectivity index (χ3v) is 5.77. The van der Waals surface area contributed by atoms with Crippen LogP contribution in [0.15, 0.2) is 54.6 Å². The molecule has 6 heteroatoms. The predicted molar refractivity (Wildman–Crippen MR) is 107 cm³/mol. The number of aromatic nitrogens is 1. The summed E-state index contributed by atoms with van der Waals surface area (Å²) in [6.45, 7) is 1.14. The largest absolute Gasteiger partial charge is 0.389 e. The van der Waals surface area contributed by atoms with Gasteiger partial charge in [-0.3, -0.25) is 4.79 Å². The Morgan fingerprint density at radius 3 is 2.74 bits per heavy atom. The van der Waals surface area contributed by atoms with Crippen LogP contribution in [0, 0.1) is 0 Å². The molecule has 0 aliphatic carbocycles. The normalized spacial score (nSPS) is 22.7. The van der Waals surface area contributed by atoms with Crippen LogP contribution in [0.2, 0.25) is 5.02 Å². The van der Waals surface area contributed by atoms with Gasteiger partial charge in [-0.05, 0) is 30.7 Å². The topological polar surface area (TPSA) is 66.3 Å². The zero-order valence-corrected chi connectivity index (χ0v) is 15.8. The minimum absolute atomic E-state index is 0.227. The molecule has 1 amide bonds. The molecule has 1 fully saturated rings. The van der Waals surface area contributed by atoms with Crippen LogP contribution in [0.3, 0.4) is 0 Å². The van der Waals surface area contributed by atoms with E-state index < -0.39 is 11.6 Å². The summed E-state index contributed by atoms with van der Waals surface area (Å²) in [6.07, 6.45) is -0.120. The van der Waals surface area contributed by atoms with Gasteiger partial charge in [-0.2, -0.15) is 0 Å². The van der Waals surface area contributed by atoms with Crippen molar-refractivity contribution in [3.8, 4) is 0 Å². The summed E-state index contributed by atoms with van der Waals surface area (Å²) in [5.41, 5.74) is 1.41. The highest BCUT2D eigenvalue weighted by Crippen LogP contribution is 2.32. The molecular weight excluding hydrogens is 362 g/mol. The zero-order chi connectivity index (χ0) is 19.0. The van der Waals surface area contributed by atoms with Gasteiger partial charge in [0, 0.05) is 19.0 Å². The number of aryl methyl sites for hydroxylation is 1. The van der Waals surface area contributed by atoms with Crippen molar-refractivity contribution in [2.75, 3.05) is 13.1 Å². The monoisotopic (exact) mass is 383 g/mol. The Bertz CT molecular complexity index is 986. The van der Waals surface area contributed by atoms with Crippen molar-refractivity contribution >= 4 is 28.4 Å². The third kappa shape index (κ3) is 3.02.